The number of aromatic nitrogens is 4. The van der Waals surface area contributed by atoms with E-state index in [0.717, 1.165) is 6.42 Å². The van der Waals surface area contributed by atoms with Crippen LogP contribution in [0.4, 0.5) is 5.95 Å². The van der Waals surface area contributed by atoms with Crippen molar-refractivity contribution in [3.8, 4) is 0 Å². The fraction of sp³-hybridized carbons (Fsp3) is 0.667. The van der Waals surface area contributed by atoms with Gasteiger partial charge < -0.3 is 5.32 Å². The van der Waals surface area contributed by atoms with Crippen molar-refractivity contribution in [2.24, 2.45) is 0 Å². The molecule has 100 valence electrons. The molecule has 0 aromatic carbocycles. The highest BCUT2D eigenvalue weighted by Gasteiger charge is 2.07. The van der Waals surface area contributed by atoms with E-state index in [0.29, 0.717) is 25.3 Å². The Morgan fingerprint density at radius 3 is 3.00 bits per heavy atom. The van der Waals surface area contributed by atoms with Gasteiger partial charge in [0.1, 0.15) is 0 Å². The SMILES string of the molecule is CCCn1nnc(NC(=S)NC(=O)CCCCl)n1. The van der Waals surface area contributed by atoms with E-state index < -0.39 is 0 Å². The van der Waals surface area contributed by atoms with E-state index in [1.54, 1.807) is 0 Å². The molecule has 1 aromatic rings. The molecule has 0 aliphatic heterocycles. The minimum atomic E-state index is -0.186. The van der Waals surface area contributed by atoms with Crippen molar-refractivity contribution >= 4 is 40.8 Å². The first kappa shape index (κ1) is 14.8. The number of carbonyl (C=O) groups is 1. The Bertz CT molecular complexity index is 410. The number of rotatable bonds is 6. The van der Waals surface area contributed by atoms with Crippen LogP contribution in [-0.4, -0.2) is 37.1 Å². The largest absolute Gasteiger partial charge is 0.303 e. The lowest BCUT2D eigenvalue weighted by molar-refractivity contribution is -0.119. The van der Waals surface area contributed by atoms with Gasteiger partial charge in [-0.15, -0.1) is 16.7 Å². The van der Waals surface area contributed by atoms with E-state index >= 15 is 0 Å². The fourth-order valence-electron chi connectivity index (χ4n) is 1.14. The number of anilines is 1. The number of aryl methyl sites for hydroxylation is 1. The van der Waals surface area contributed by atoms with Crippen molar-refractivity contribution in [2.75, 3.05) is 11.2 Å². The molecule has 0 radical (unpaired) electrons. The van der Waals surface area contributed by atoms with Crippen LogP contribution in [0, 0.1) is 0 Å². The number of carbonyl (C=O) groups excluding carboxylic acids is 1. The third-order valence-electron chi connectivity index (χ3n) is 1.89. The molecule has 0 aliphatic carbocycles. The van der Waals surface area contributed by atoms with E-state index in [2.05, 4.69) is 26.0 Å². The second-order valence-electron chi connectivity index (χ2n) is 3.50. The third-order valence-corrected chi connectivity index (χ3v) is 2.36. The van der Waals surface area contributed by atoms with E-state index in [1.807, 2.05) is 6.92 Å². The topological polar surface area (TPSA) is 84.7 Å². The quantitative estimate of drug-likeness (QED) is 0.598. The van der Waals surface area contributed by atoms with Crippen molar-refractivity contribution in [1.29, 1.82) is 0 Å². The molecule has 0 bridgehead atoms. The van der Waals surface area contributed by atoms with Crippen LogP contribution in [0.1, 0.15) is 26.2 Å². The Labute approximate surface area is 115 Å². The molecular weight excluding hydrogens is 276 g/mol. The zero-order valence-corrected chi connectivity index (χ0v) is 11.6. The Balaban J connectivity index is 2.36. The van der Waals surface area contributed by atoms with Crippen LogP contribution >= 0.6 is 23.8 Å². The molecule has 9 heteroatoms. The van der Waals surface area contributed by atoms with Crippen LogP contribution in [0.15, 0.2) is 0 Å². The summed E-state index contributed by atoms with van der Waals surface area (Å²) in [6.07, 6.45) is 1.86. The summed E-state index contributed by atoms with van der Waals surface area (Å²) in [6.45, 7) is 2.70. The van der Waals surface area contributed by atoms with Crippen molar-refractivity contribution in [3.05, 3.63) is 0 Å². The zero-order valence-electron chi connectivity index (χ0n) is 10.0. The number of thiocarbonyl (C=S) groups is 1. The van der Waals surface area contributed by atoms with Crippen molar-refractivity contribution in [2.45, 2.75) is 32.7 Å². The fourth-order valence-corrected chi connectivity index (χ4v) is 1.48. The van der Waals surface area contributed by atoms with E-state index in [-0.39, 0.29) is 17.0 Å². The number of tetrazole rings is 1. The summed E-state index contributed by atoms with van der Waals surface area (Å²) in [7, 11) is 0. The van der Waals surface area contributed by atoms with Crippen molar-refractivity contribution in [1.82, 2.24) is 25.5 Å². The number of nitrogens with one attached hydrogen (secondary N) is 2. The van der Waals surface area contributed by atoms with Gasteiger partial charge in [-0.05, 0) is 30.3 Å². The number of alkyl halides is 1. The maximum absolute atomic E-state index is 11.4. The summed E-state index contributed by atoms with van der Waals surface area (Å²) in [5.41, 5.74) is 0. The standard InChI is InChI=1S/C9H15ClN6OS/c1-2-6-16-14-8(13-15-16)12-9(18)11-7(17)4-3-5-10/h2-6H2,1H3,(H2,11,12,14,17,18). The molecule has 0 saturated carbocycles. The first-order chi connectivity index (χ1) is 8.65. The van der Waals surface area contributed by atoms with Gasteiger partial charge in [0.2, 0.25) is 5.91 Å². The highest BCUT2D eigenvalue weighted by Crippen LogP contribution is 1.96. The molecule has 1 aromatic heterocycles. The predicted octanol–water partition coefficient (Wildman–Crippen LogP) is 0.915. The van der Waals surface area contributed by atoms with Gasteiger partial charge in [0.25, 0.3) is 5.95 Å². The monoisotopic (exact) mass is 290 g/mol. The Morgan fingerprint density at radius 2 is 2.33 bits per heavy atom. The summed E-state index contributed by atoms with van der Waals surface area (Å²) in [5, 5.41) is 17.0. The van der Waals surface area contributed by atoms with E-state index in [4.69, 9.17) is 23.8 Å². The van der Waals surface area contributed by atoms with Crippen molar-refractivity contribution < 1.29 is 4.79 Å². The molecule has 0 spiro atoms. The Kier molecular flexibility index (Phi) is 6.51. The second-order valence-corrected chi connectivity index (χ2v) is 4.29. The lowest BCUT2D eigenvalue weighted by Crippen LogP contribution is -2.34. The first-order valence-corrected chi connectivity index (χ1v) is 6.54. The zero-order chi connectivity index (χ0) is 13.4. The molecule has 1 rings (SSSR count). The van der Waals surface area contributed by atoms with Crippen LogP contribution in [0.25, 0.3) is 0 Å². The van der Waals surface area contributed by atoms with Crippen LogP contribution in [0.3, 0.4) is 0 Å². The molecule has 2 N–H and O–H groups in total. The summed E-state index contributed by atoms with van der Waals surface area (Å²) in [6, 6.07) is 0. The van der Waals surface area contributed by atoms with Gasteiger partial charge in [-0.25, -0.2) is 0 Å². The Hall–Kier alpha value is -1.28. The van der Waals surface area contributed by atoms with Gasteiger partial charge in [0, 0.05) is 12.3 Å². The first-order valence-electron chi connectivity index (χ1n) is 5.60. The number of nitrogens with zero attached hydrogens (tertiary/aromatic N) is 4. The minimum absolute atomic E-state index is 0.158. The average molecular weight is 291 g/mol. The third kappa shape index (κ3) is 5.37. The molecule has 7 nitrogen and oxygen atoms in total. The van der Waals surface area contributed by atoms with E-state index in [9.17, 15) is 4.79 Å². The van der Waals surface area contributed by atoms with Crippen LogP contribution in [0.2, 0.25) is 0 Å². The number of hydrogen-bond donors (Lipinski definition) is 2. The smallest absolute Gasteiger partial charge is 0.269 e. The molecule has 0 atom stereocenters. The predicted molar refractivity (Wildman–Crippen MR) is 72.4 cm³/mol. The average Bonchev–Trinajstić information content (AvgIpc) is 2.74. The molecule has 0 saturated heterocycles. The highest BCUT2D eigenvalue weighted by molar-refractivity contribution is 7.80. The molecular formula is C9H15ClN6OS. The van der Waals surface area contributed by atoms with Crippen LogP contribution in [0.5, 0.6) is 0 Å². The van der Waals surface area contributed by atoms with Gasteiger partial charge in [0.15, 0.2) is 5.11 Å². The van der Waals surface area contributed by atoms with Crippen LogP contribution in [-0.2, 0) is 11.3 Å². The lowest BCUT2D eigenvalue weighted by atomic mass is 10.3. The van der Waals surface area contributed by atoms with Gasteiger partial charge in [0.05, 0.1) is 6.54 Å². The molecule has 18 heavy (non-hydrogen) atoms. The number of halogens is 1. The molecule has 1 amide bonds. The summed E-state index contributed by atoms with van der Waals surface area (Å²) >= 11 is 10.4. The van der Waals surface area contributed by atoms with Gasteiger partial charge in [-0.2, -0.15) is 4.80 Å². The normalized spacial score (nSPS) is 10.1. The lowest BCUT2D eigenvalue weighted by Gasteiger charge is -2.05. The van der Waals surface area contributed by atoms with E-state index in [1.165, 1.54) is 4.80 Å². The minimum Gasteiger partial charge on any atom is -0.303 e. The maximum Gasteiger partial charge on any atom is 0.269 e. The summed E-state index contributed by atoms with van der Waals surface area (Å²) in [5.74, 6) is 0.528. The second kappa shape index (κ2) is 7.93. The number of hydrogen-bond acceptors (Lipinski definition) is 5. The number of amides is 1. The highest BCUT2D eigenvalue weighted by atomic mass is 35.5. The maximum atomic E-state index is 11.4. The molecule has 0 fully saturated rings. The molecule has 0 aliphatic rings. The van der Waals surface area contributed by atoms with Gasteiger partial charge in [-0.3, -0.25) is 10.1 Å². The Morgan fingerprint density at radius 1 is 1.56 bits per heavy atom. The summed E-state index contributed by atoms with van der Waals surface area (Å²) in [4.78, 5) is 12.8. The van der Waals surface area contributed by atoms with Crippen LogP contribution < -0.4 is 10.6 Å². The molecule has 0 unspecified atom stereocenters. The molecule has 1 heterocycles. The van der Waals surface area contributed by atoms with Crippen molar-refractivity contribution in [3.63, 3.8) is 0 Å². The van der Waals surface area contributed by atoms with Gasteiger partial charge in [-0.1, -0.05) is 12.0 Å². The van der Waals surface area contributed by atoms with Gasteiger partial charge >= 0.3 is 0 Å². The summed E-state index contributed by atoms with van der Waals surface area (Å²) < 4.78 is 0.